The normalized spacial score (nSPS) is 18.0. The Labute approximate surface area is 152 Å². The molecule has 0 atom stereocenters. The second-order valence-electron chi connectivity index (χ2n) is 6.04. The van der Waals surface area contributed by atoms with E-state index in [4.69, 9.17) is 19.2 Å². The predicted molar refractivity (Wildman–Crippen MR) is 95.7 cm³/mol. The van der Waals surface area contributed by atoms with Gasteiger partial charge in [-0.3, -0.25) is 0 Å². The van der Waals surface area contributed by atoms with Gasteiger partial charge < -0.3 is 24.0 Å². The fourth-order valence-corrected chi connectivity index (χ4v) is 2.91. The summed E-state index contributed by atoms with van der Waals surface area (Å²) in [5, 5.41) is 0. The summed E-state index contributed by atoms with van der Waals surface area (Å²) in [7, 11) is 1.62. The van der Waals surface area contributed by atoms with Crippen molar-refractivity contribution in [1.29, 1.82) is 0 Å². The molecule has 0 aromatic carbocycles. The van der Waals surface area contributed by atoms with E-state index in [9.17, 15) is 0 Å². The minimum absolute atomic E-state index is 0.561. The smallest absolute Gasteiger partial charge is 0.230 e. The molecular formula is C17H22N6O3. The molecule has 0 amide bonds. The molecular weight excluding hydrogens is 336 g/mol. The average Bonchev–Trinajstić information content (AvgIpc) is 2.75. The number of methoxy groups -OCH3 is 1. The Bertz CT molecular complexity index is 694. The number of pyridine rings is 1. The quantitative estimate of drug-likeness (QED) is 0.780. The summed E-state index contributed by atoms with van der Waals surface area (Å²) in [5.74, 6) is 2.59. The highest BCUT2D eigenvalue weighted by atomic mass is 16.5. The van der Waals surface area contributed by atoms with E-state index in [0.717, 1.165) is 26.2 Å². The van der Waals surface area contributed by atoms with Crippen molar-refractivity contribution in [3.05, 3.63) is 18.3 Å². The molecule has 4 rings (SSSR count). The van der Waals surface area contributed by atoms with Crippen LogP contribution in [0.1, 0.15) is 0 Å². The van der Waals surface area contributed by atoms with E-state index >= 15 is 0 Å². The Morgan fingerprint density at radius 2 is 1.42 bits per heavy atom. The highest BCUT2D eigenvalue weighted by Crippen LogP contribution is 2.22. The zero-order valence-corrected chi connectivity index (χ0v) is 14.8. The molecule has 26 heavy (non-hydrogen) atoms. The maximum absolute atomic E-state index is 5.44. The van der Waals surface area contributed by atoms with E-state index in [2.05, 4.69) is 24.8 Å². The van der Waals surface area contributed by atoms with Gasteiger partial charge in [-0.2, -0.15) is 15.0 Å². The molecule has 9 heteroatoms. The lowest BCUT2D eigenvalue weighted by atomic mass is 10.3. The van der Waals surface area contributed by atoms with Crippen molar-refractivity contribution >= 4 is 11.9 Å². The van der Waals surface area contributed by atoms with Crippen LogP contribution in [-0.4, -0.2) is 79.7 Å². The lowest BCUT2D eigenvalue weighted by Gasteiger charge is -2.30. The van der Waals surface area contributed by atoms with Crippen LogP contribution in [-0.2, 0) is 9.47 Å². The minimum Gasteiger partial charge on any atom is -0.495 e. The van der Waals surface area contributed by atoms with Crippen LogP contribution in [0.25, 0.3) is 11.5 Å². The van der Waals surface area contributed by atoms with Crippen LogP contribution in [0.5, 0.6) is 5.75 Å². The summed E-state index contributed by atoms with van der Waals surface area (Å²) < 4.78 is 16.1. The molecule has 2 aliphatic rings. The summed E-state index contributed by atoms with van der Waals surface area (Å²) in [6, 6.07) is 3.72. The average molecular weight is 358 g/mol. The van der Waals surface area contributed by atoms with Crippen molar-refractivity contribution in [2.24, 2.45) is 0 Å². The topological polar surface area (TPSA) is 85.7 Å². The third-order valence-electron chi connectivity index (χ3n) is 4.40. The van der Waals surface area contributed by atoms with Crippen LogP contribution >= 0.6 is 0 Å². The molecule has 0 spiro atoms. The molecule has 0 N–H and O–H groups in total. The standard InChI is InChI=1S/C17H22N6O3/c1-24-13-2-3-14(18-12-13)15-19-16(22-4-8-25-9-5-22)21-17(20-15)23-6-10-26-11-7-23/h2-3,12H,4-11H2,1H3. The van der Waals surface area contributed by atoms with Gasteiger partial charge in [0, 0.05) is 26.2 Å². The Hall–Kier alpha value is -2.52. The first kappa shape index (κ1) is 16.9. The number of anilines is 2. The number of hydrogen-bond acceptors (Lipinski definition) is 9. The summed E-state index contributed by atoms with van der Waals surface area (Å²) in [6.07, 6.45) is 1.67. The first-order valence-corrected chi connectivity index (χ1v) is 8.75. The molecule has 0 bridgehead atoms. The van der Waals surface area contributed by atoms with Crippen molar-refractivity contribution in [3.63, 3.8) is 0 Å². The predicted octanol–water partition coefficient (Wildman–Crippen LogP) is 0.615. The molecule has 2 aromatic heterocycles. The Morgan fingerprint density at radius 3 is 1.88 bits per heavy atom. The zero-order valence-electron chi connectivity index (χ0n) is 14.8. The van der Waals surface area contributed by atoms with Gasteiger partial charge in [-0.25, -0.2) is 4.98 Å². The molecule has 2 aromatic rings. The zero-order chi connectivity index (χ0) is 17.8. The van der Waals surface area contributed by atoms with Gasteiger partial charge in [0.25, 0.3) is 0 Å². The molecule has 138 valence electrons. The Morgan fingerprint density at radius 1 is 0.846 bits per heavy atom. The first-order chi connectivity index (χ1) is 12.8. The second-order valence-corrected chi connectivity index (χ2v) is 6.04. The molecule has 0 saturated carbocycles. The lowest BCUT2D eigenvalue weighted by Crippen LogP contribution is -2.40. The maximum Gasteiger partial charge on any atom is 0.230 e. The van der Waals surface area contributed by atoms with Gasteiger partial charge >= 0.3 is 0 Å². The van der Waals surface area contributed by atoms with Crippen molar-refractivity contribution < 1.29 is 14.2 Å². The van der Waals surface area contributed by atoms with Crippen molar-refractivity contribution in [1.82, 2.24) is 19.9 Å². The fraction of sp³-hybridized carbons (Fsp3) is 0.529. The van der Waals surface area contributed by atoms with Crippen LogP contribution in [0.15, 0.2) is 18.3 Å². The third kappa shape index (κ3) is 3.68. The highest BCUT2D eigenvalue weighted by Gasteiger charge is 2.21. The number of ether oxygens (including phenoxy) is 3. The first-order valence-electron chi connectivity index (χ1n) is 8.75. The van der Waals surface area contributed by atoms with Crippen molar-refractivity contribution in [2.75, 3.05) is 69.5 Å². The third-order valence-corrected chi connectivity index (χ3v) is 4.40. The van der Waals surface area contributed by atoms with E-state index < -0.39 is 0 Å². The van der Waals surface area contributed by atoms with E-state index in [-0.39, 0.29) is 0 Å². The summed E-state index contributed by atoms with van der Waals surface area (Å²) in [5.41, 5.74) is 0.692. The SMILES string of the molecule is COc1ccc(-c2nc(N3CCOCC3)nc(N3CCOCC3)n2)nc1. The minimum atomic E-state index is 0.561. The Balaban J connectivity index is 1.70. The van der Waals surface area contributed by atoms with E-state index in [1.165, 1.54) is 0 Å². The number of nitrogens with zero attached hydrogens (tertiary/aromatic N) is 6. The van der Waals surface area contributed by atoms with Gasteiger partial charge in [0.2, 0.25) is 11.9 Å². The molecule has 9 nitrogen and oxygen atoms in total. The molecule has 0 aliphatic carbocycles. The molecule has 2 saturated heterocycles. The van der Waals surface area contributed by atoms with Crippen LogP contribution in [0.3, 0.4) is 0 Å². The molecule has 2 fully saturated rings. The van der Waals surface area contributed by atoms with E-state index in [1.807, 2.05) is 12.1 Å². The van der Waals surface area contributed by atoms with Gasteiger partial charge in [0.05, 0.1) is 39.7 Å². The van der Waals surface area contributed by atoms with Crippen LogP contribution in [0, 0.1) is 0 Å². The van der Waals surface area contributed by atoms with Gasteiger partial charge in [-0.15, -0.1) is 0 Å². The Kier molecular flexibility index (Phi) is 5.07. The second kappa shape index (κ2) is 7.79. The monoisotopic (exact) mass is 358 g/mol. The summed E-state index contributed by atoms with van der Waals surface area (Å²) in [6.45, 7) is 5.76. The molecule has 0 radical (unpaired) electrons. The molecule has 4 heterocycles. The van der Waals surface area contributed by atoms with Crippen LogP contribution < -0.4 is 14.5 Å². The van der Waals surface area contributed by atoms with E-state index in [0.29, 0.717) is 55.6 Å². The van der Waals surface area contributed by atoms with Crippen LogP contribution in [0.4, 0.5) is 11.9 Å². The summed E-state index contributed by atoms with van der Waals surface area (Å²) >= 11 is 0. The highest BCUT2D eigenvalue weighted by molar-refractivity contribution is 5.55. The number of morpholine rings is 2. The van der Waals surface area contributed by atoms with Gasteiger partial charge in [0.1, 0.15) is 11.4 Å². The maximum atomic E-state index is 5.44. The number of rotatable bonds is 4. The molecule has 0 unspecified atom stereocenters. The largest absolute Gasteiger partial charge is 0.495 e. The summed E-state index contributed by atoms with van der Waals surface area (Å²) in [4.78, 5) is 22.7. The van der Waals surface area contributed by atoms with Gasteiger partial charge in [-0.05, 0) is 12.1 Å². The van der Waals surface area contributed by atoms with Crippen LogP contribution in [0.2, 0.25) is 0 Å². The van der Waals surface area contributed by atoms with E-state index in [1.54, 1.807) is 13.3 Å². The molecule has 2 aliphatic heterocycles. The number of hydrogen-bond donors (Lipinski definition) is 0. The van der Waals surface area contributed by atoms with Crippen molar-refractivity contribution in [2.45, 2.75) is 0 Å². The van der Waals surface area contributed by atoms with Crippen molar-refractivity contribution in [3.8, 4) is 17.3 Å². The van der Waals surface area contributed by atoms with Gasteiger partial charge in [0.15, 0.2) is 5.82 Å². The number of aromatic nitrogens is 4. The van der Waals surface area contributed by atoms with Gasteiger partial charge in [-0.1, -0.05) is 0 Å². The fourth-order valence-electron chi connectivity index (χ4n) is 2.91. The lowest BCUT2D eigenvalue weighted by molar-refractivity contribution is 0.121.